The summed E-state index contributed by atoms with van der Waals surface area (Å²) in [5, 5.41) is 14.1. The summed E-state index contributed by atoms with van der Waals surface area (Å²) in [7, 11) is 0. The first-order chi connectivity index (χ1) is 11.5. The van der Waals surface area contributed by atoms with Crippen LogP contribution in [0.15, 0.2) is 11.3 Å². The number of carbonyl (C=O) groups excluding carboxylic acids is 3. The molecule has 0 radical (unpaired) electrons. The number of carbonyl (C=O) groups is 4. The molecule has 10 heteroatoms. The Balaban J connectivity index is 2.17. The average Bonchev–Trinajstić information content (AvgIpc) is 2.95. The number of hydrogen-bond donors (Lipinski definition) is 2. The van der Waals surface area contributed by atoms with E-state index < -0.39 is 41.3 Å². The molecular weight excluding hydrogens is 334 g/mol. The Hall–Kier alpha value is -2.62. The molecule has 1 saturated heterocycles. The molecule has 1 atom stereocenters. The number of hydrogen-bond acceptors (Lipinski definition) is 7. The fraction of sp³-hybridized carbons (Fsp3) is 0.600. The molecule has 1 fully saturated rings. The summed E-state index contributed by atoms with van der Waals surface area (Å²) in [5.74, 6) is -2.85. The molecule has 25 heavy (non-hydrogen) atoms. The molecule has 2 rings (SSSR count). The highest BCUT2D eigenvalue weighted by atomic mass is 16.6. The van der Waals surface area contributed by atoms with Gasteiger partial charge in [0.2, 0.25) is 0 Å². The van der Waals surface area contributed by atoms with Crippen LogP contribution in [0.2, 0.25) is 0 Å². The summed E-state index contributed by atoms with van der Waals surface area (Å²) in [6, 6.07) is -0.965. The van der Waals surface area contributed by atoms with E-state index in [-0.39, 0.29) is 25.3 Å². The highest BCUT2D eigenvalue weighted by Crippen LogP contribution is 2.30. The smallest absolute Gasteiger partial charge is 0.408 e. The van der Waals surface area contributed by atoms with Crippen LogP contribution in [0.3, 0.4) is 0 Å². The van der Waals surface area contributed by atoms with E-state index in [1.807, 2.05) is 0 Å². The molecule has 2 N–H and O–H groups in total. The third-order valence-electron chi connectivity index (χ3n) is 3.44. The van der Waals surface area contributed by atoms with Crippen molar-refractivity contribution in [2.45, 2.75) is 39.3 Å². The lowest BCUT2D eigenvalue weighted by atomic mass is 10.2. The third-order valence-corrected chi connectivity index (χ3v) is 3.44. The maximum Gasteiger partial charge on any atom is 0.408 e. The van der Waals surface area contributed by atoms with Gasteiger partial charge in [-0.2, -0.15) is 0 Å². The Labute approximate surface area is 144 Å². The summed E-state index contributed by atoms with van der Waals surface area (Å²) in [4.78, 5) is 47.8. The number of carboxylic acids is 1. The number of esters is 1. The van der Waals surface area contributed by atoms with E-state index in [9.17, 15) is 24.3 Å². The molecule has 2 aliphatic heterocycles. The average molecular weight is 355 g/mol. The Morgan fingerprint density at radius 3 is 2.48 bits per heavy atom. The van der Waals surface area contributed by atoms with E-state index in [0.29, 0.717) is 0 Å². The van der Waals surface area contributed by atoms with Gasteiger partial charge in [-0.25, -0.2) is 24.4 Å². The SMILES string of the molecule is CCOC(=O)C1=C(C(=O)O)N2C(=O)[C@H](NC(=O)OC(C)(C)C)CN2C1. The standard InChI is InChI=1S/C15H21N3O7/c1-5-24-13(22)8-6-17-7-9(16-14(23)25-15(2,3)4)11(19)18(17)10(8)12(20)21/h9H,5-7H2,1-4H3,(H,16,23)(H,20,21)/t9-/m1/s1. The molecule has 0 aromatic heterocycles. The van der Waals surface area contributed by atoms with Crippen LogP contribution in [-0.4, -0.2) is 70.4 Å². The van der Waals surface area contributed by atoms with E-state index in [1.165, 1.54) is 5.01 Å². The van der Waals surface area contributed by atoms with Gasteiger partial charge < -0.3 is 19.9 Å². The van der Waals surface area contributed by atoms with E-state index in [0.717, 1.165) is 5.01 Å². The number of rotatable bonds is 4. The topological polar surface area (TPSA) is 125 Å². The molecule has 2 amide bonds. The molecule has 10 nitrogen and oxygen atoms in total. The van der Waals surface area contributed by atoms with Crippen molar-refractivity contribution < 1.29 is 33.8 Å². The van der Waals surface area contributed by atoms with Gasteiger partial charge in [-0.1, -0.05) is 0 Å². The van der Waals surface area contributed by atoms with Crippen molar-refractivity contribution in [1.29, 1.82) is 0 Å². The maximum atomic E-state index is 12.5. The Bertz CT molecular complexity index is 650. The largest absolute Gasteiger partial charge is 0.477 e. The highest BCUT2D eigenvalue weighted by Gasteiger charge is 2.49. The maximum absolute atomic E-state index is 12.5. The van der Waals surface area contributed by atoms with Gasteiger partial charge in [-0.15, -0.1) is 0 Å². The molecule has 0 spiro atoms. The summed E-state index contributed by atoms with van der Waals surface area (Å²) >= 11 is 0. The number of alkyl carbamates (subject to hydrolysis) is 1. The molecule has 0 aromatic rings. The molecule has 0 unspecified atom stereocenters. The predicted molar refractivity (Wildman–Crippen MR) is 82.9 cm³/mol. The molecule has 0 bridgehead atoms. The minimum absolute atomic E-state index is 0.0256. The van der Waals surface area contributed by atoms with Gasteiger partial charge >= 0.3 is 18.0 Å². The number of carboxylic acid groups (broad SMARTS) is 1. The van der Waals surface area contributed by atoms with E-state index >= 15 is 0 Å². The first-order valence-corrected chi connectivity index (χ1v) is 7.77. The predicted octanol–water partition coefficient (Wildman–Crippen LogP) is -0.146. The Morgan fingerprint density at radius 1 is 1.32 bits per heavy atom. The Kier molecular flexibility index (Phi) is 5.02. The number of hydrazine groups is 1. The van der Waals surface area contributed by atoms with Crippen molar-refractivity contribution in [1.82, 2.24) is 15.3 Å². The third kappa shape index (κ3) is 3.90. The second-order valence-corrected chi connectivity index (χ2v) is 6.55. The monoisotopic (exact) mass is 355 g/mol. The van der Waals surface area contributed by atoms with Crippen LogP contribution in [0.1, 0.15) is 27.7 Å². The molecule has 138 valence electrons. The fourth-order valence-electron chi connectivity index (χ4n) is 2.59. The number of ether oxygens (including phenoxy) is 2. The highest BCUT2D eigenvalue weighted by molar-refractivity contribution is 6.05. The van der Waals surface area contributed by atoms with Crippen LogP contribution in [0.5, 0.6) is 0 Å². The van der Waals surface area contributed by atoms with Gasteiger partial charge in [0.25, 0.3) is 5.91 Å². The Morgan fingerprint density at radius 2 is 1.96 bits per heavy atom. The lowest BCUT2D eigenvalue weighted by Gasteiger charge is -2.21. The van der Waals surface area contributed by atoms with Crippen LogP contribution in [0.4, 0.5) is 4.79 Å². The van der Waals surface area contributed by atoms with E-state index in [2.05, 4.69) is 5.32 Å². The number of nitrogens with zero attached hydrogens (tertiary/aromatic N) is 2. The van der Waals surface area contributed by atoms with E-state index in [1.54, 1.807) is 27.7 Å². The molecular formula is C15H21N3O7. The van der Waals surface area contributed by atoms with E-state index in [4.69, 9.17) is 9.47 Å². The minimum Gasteiger partial charge on any atom is -0.477 e. The number of fused-ring (bicyclic) bond motifs is 1. The first-order valence-electron chi connectivity index (χ1n) is 7.77. The molecule has 2 aliphatic rings. The van der Waals surface area contributed by atoms with Gasteiger partial charge in [0.1, 0.15) is 11.6 Å². The van der Waals surface area contributed by atoms with Crippen LogP contribution < -0.4 is 5.32 Å². The molecule has 2 heterocycles. The second kappa shape index (κ2) is 6.71. The summed E-state index contributed by atoms with van der Waals surface area (Å²) < 4.78 is 9.93. The van der Waals surface area contributed by atoms with Gasteiger partial charge in [0.05, 0.1) is 18.7 Å². The summed E-state index contributed by atoms with van der Waals surface area (Å²) in [5.41, 5.74) is -1.28. The number of aliphatic carboxylic acids is 1. The zero-order valence-corrected chi connectivity index (χ0v) is 14.5. The minimum atomic E-state index is -1.42. The van der Waals surface area contributed by atoms with Crippen molar-refractivity contribution in [2.24, 2.45) is 0 Å². The first kappa shape index (κ1) is 18.7. The van der Waals surface area contributed by atoms with Crippen LogP contribution in [0, 0.1) is 0 Å². The number of nitrogens with one attached hydrogen (secondary N) is 1. The fourth-order valence-corrected chi connectivity index (χ4v) is 2.59. The second-order valence-electron chi connectivity index (χ2n) is 6.55. The van der Waals surface area contributed by atoms with Crippen LogP contribution in [0.25, 0.3) is 0 Å². The van der Waals surface area contributed by atoms with Crippen molar-refractivity contribution in [3.8, 4) is 0 Å². The lowest BCUT2D eigenvalue weighted by Crippen LogP contribution is -2.45. The molecule has 0 aromatic carbocycles. The summed E-state index contributed by atoms with van der Waals surface area (Å²) in [6.07, 6.45) is -0.778. The van der Waals surface area contributed by atoms with Gasteiger partial charge in [-0.05, 0) is 27.7 Å². The van der Waals surface area contributed by atoms with Crippen molar-refractivity contribution in [2.75, 3.05) is 19.7 Å². The van der Waals surface area contributed by atoms with Crippen molar-refractivity contribution in [3.63, 3.8) is 0 Å². The van der Waals surface area contributed by atoms with Crippen LogP contribution in [-0.2, 0) is 23.9 Å². The van der Waals surface area contributed by atoms with Crippen LogP contribution >= 0.6 is 0 Å². The van der Waals surface area contributed by atoms with Gasteiger partial charge in [0.15, 0.2) is 5.70 Å². The molecule has 0 aliphatic carbocycles. The van der Waals surface area contributed by atoms with Gasteiger partial charge in [0, 0.05) is 6.54 Å². The molecule has 0 saturated carbocycles. The van der Waals surface area contributed by atoms with Crippen molar-refractivity contribution in [3.05, 3.63) is 11.3 Å². The summed E-state index contributed by atoms with van der Waals surface area (Å²) in [6.45, 7) is 6.68. The zero-order valence-electron chi connectivity index (χ0n) is 14.5. The quantitative estimate of drug-likeness (QED) is 0.667. The normalized spacial score (nSPS) is 20.6. The number of amides is 2. The lowest BCUT2D eigenvalue weighted by molar-refractivity contribution is -0.143. The van der Waals surface area contributed by atoms with Gasteiger partial charge in [-0.3, -0.25) is 4.79 Å². The zero-order chi connectivity index (χ0) is 18.9. The van der Waals surface area contributed by atoms with Crippen molar-refractivity contribution >= 4 is 23.9 Å².